The zero-order valence-corrected chi connectivity index (χ0v) is 12.7. The molecule has 1 saturated heterocycles. The van der Waals surface area contributed by atoms with Crippen molar-refractivity contribution in [2.45, 2.75) is 29.5 Å². The summed E-state index contributed by atoms with van der Waals surface area (Å²) in [5.74, 6) is -0.631. The van der Waals surface area contributed by atoms with Gasteiger partial charge in [0.1, 0.15) is 11.1 Å². The fourth-order valence-corrected chi connectivity index (χ4v) is 4.42. The number of rotatable bonds is 4. The van der Waals surface area contributed by atoms with Gasteiger partial charge < -0.3 is 10.1 Å². The second-order valence-corrected chi connectivity index (χ2v) is 7.26. The van der Waals surface area contributed by atoms with Crippen LogP contribution in [0.2, 0.25) is 5.02 Å². The molecular formula is C13H17ClFNO3S. The lowest BCUT2D eigenvalue weighted by atomic mass is 10.1. The molecule has 1 N–H and O–H groups in total. The second-order valence-electron chi connectivity index (χ2n) is 4.69. The Morgan fingerprint density at radius 3 is 2.90 bits per heavy atom. The van der Waals surface area contributed by atoms with E-state index in [1.807, 2.05) is 6.92 Å². The van der Waals surface area contributed by atoms with Crippen LogP contribution in [0.1, 0.15) is 13.3 Å². The van der Waals surface area contributed by atoms with Crippen LogP contribution < -0.4 is 5.32 Å². The van der Waals surface area contributed by atoms with Crippen LogP contribution in [0.15, 0.2) is 23.1 Å². The molecule has 0 saturated carbocycles. The van der Waals surface area contributed by atoms with Gasteiger partial charge in [-0.3, -0.25) is 0 Å². The normalized spacial score (nSPS) is 23.8. The van der Waals surface area contributed by atoms with Gasteiger partial charge in [-0.1, -0.05) is 18.5 Å². The first kappa shape index (κ1) is 15.7. The van der Waals surface area contributed by atoms with Crippen LogP contribution in [0.5, 0.6) is 0 Å². The van der Waals surface area contributed by atoms with Crippen LogP contribution in [0.25, 0.3) is 0 Å². The zero-order valence-electron chi connectivity index (χ0n) is 11.1. The maximum absolute atomic E-state index is 13.2. The quantitative estimate of drug-likeness (QED) is 0.862. The van der Waals surface area contributed by atoms with E-state index in [0.29, 0.717) is 19.6 Å². The Labute approximate surface area is 123 Å². The molecule has 20 heavy (non-hydrogen) atoms. The summed E-state index contributed by atoms with van der Waals surface area (Å²) < 4.78 is 43.7. The highest BCUT2D eigenvalue weighted by molar-refractivity contribution is 7.92. The van der Waals surface area contributed by atoms with E-state index in [1.165, 1.54) is 6.07 Å². The molecule has 0 bridgehead atoms. The zero-order chi connectivity index (χ0) is 14.8. The van der Waals surface area contributed by atoms with Crippen molar-refractivity contribution < 1.29 is 17.5 Å². The molecule has 1 heterocycles. The Morgan fingerprint density at radius 2 is 2.25 bits per heavy atom. The van der Waals surface area contributed by atoms with Crippen LogP contribution in [-0.2, 0) is 14.6 Å². The van der Waals surface area contributed by atoms with Gasteiger partial charge in [-0.05, 0) is 31.2 Å². The number of sulfone groups is 1. The van der Waals surface area contributed by atoms with Gasteiger partial charge in [-0.2, -0.15) is 0 Å². The van der Waals surface area contributed by atoms with E-state index in [4.69, 9.17) is 16.3 Å². The molecule has 2 unspecified atom stereocenters. The molecule has 2 rings (SSSR count). The van der Waals surface area contributed by atoms with E-state index < -0.39 is 20.9 Å². The topological polar surface area (TPSA) is 55.4 Å². The molecule has 4 nitrogen and oxygen atoms in total. The lowest BCUT2D eigenvalue weighted by molar-refractivity contribution is 0.0812. The lowest BCUT2D eigenvalue weighted by Crippen LogP contribution is -2.50. The largest absolute Gasteiger partial charge is 0.380 e. The van der Waals surface area contributed by atoms with E-state index in [9.17, 15) is 12.8 Å². The van der Waals surface area contributed by atoms with Gasteiger partial charge in [-0.15, -0.1) is 0 Å². The Hall–Kier alpha value is -0.690. The van der Waals surface area contributed by atoms with Gasteiger partial charge in [0.05, 0.1) is 16.5 Å². The fraction of sp³-hybridized carbons (Fsp3) is 0.538. The molecule has 1 aromatic rings. The maximum Gasteiger partial charge on any atom is 0.185 e. The molecule has 0 aliphatic carbocycles. The molecule has 0 radical (unpaired) electrons. The maximum atomic E-state index is 13.2. The van der Waals surface area contributed by atoms with Gasteiger partial charge in [0, 0.05) is 12.6 Å². The number of hydrogen-bond donors (Lipinski definition) is 1. The molecule has 1 aromatic carbocycles. The lowest BCUT2D eigenvalue weighted by Gasteiger charge is -2.31. The Morgan fingerprint density at radius 1 is 1.50 bits per heavy atom. The van der Waals surface area contributed by atoms with Crippen molar-refractivity contribution in [2.75, 3.05) is 19.8 Å². The first-order chi connectivity index (χ1) is 9.46. The molecule has 7 heteroatoms. The molecule has 1 aliphatic rings. The standard InChI is InChI=1S/C13H17ClFNO3S/c1-2-16-12-5-6-19-8-13(12)20(17,18)9-3-4-11(15)10(14)7-9/h3-4,7,12-13,16H,2,5-6,8H2,1H3. The number of ether oxygens (including phenoxy) is 1. The van der Waals surface area contributed by atoms with Crippen LogP contribution >= 0.6 is 11.6 Å². The highest BCUT2D eigenvalue weighted by Crippen LogP contribution is 2.26. The summed E-state index contributed by atoms with van der Waals surface area (Å²) in [6.45, 7) is 3.28. The summed E-state index contributed by atoms with van der Waals surface area (Å²) >= 11 is 5.67. The minimum Gasteiger partial charge on any atom is -0.380 e. The number of benzene rings is 1. The third-order valence-electron chi connectivity index (χ3n) is 3.39. The summed E-state index contributed by atoms with van der Waals surface area (Å²) in [6.07, 6.45) is 0.632. The predicted octanol–water partition coefficient (Wildman–Crippen LogP) is 2.02. The van der Waals surface area contributed by atoms with Crippen molar-refractivity contribution in [2.24, 2.45) is 0 Å². The smallest absolute Gasteiger partial charge is 0.185 e. The first-order valence-electron chi connectivity index (χ1n) is 6.47. The molecule has 0 spiro atoms. The van der Waals surface area contributed by atoms with Gasteiger partial charge in [0.2, 0.25) is 0 Å². The third-order valence-corrected chi connectivity index (χ3v) is 5.85. The van der Waals surface area contributed by atoms with Crippen molar-refractivity contribution in [1.82, 2.24) is 5.32 Å². The number of hydrogen-bond acceptors (Lipinski definition) is 4. The highest BCUT2D eigenvalue weighted by Gasteiger charge is 2.37. The van der Waals surface area contributed by atoms with Crippen molar-refractivity contribution >= 4 is 21.4 Å². The van der Waals surface area contributed by atoms with E-state index in [1.54, 1.807) is 0 Å². The summed E-state index contributed by atoms with van der Waals surface area (Å²) in [5, 5.41) is 2.30. The van der Waals surface area contributed by atoms with Crippen molar-refractivity contribution in [3.63, 3.8) is 0 Å². The third kappa shape index (κ3) is 3.14. The van der Waals surface area contributed by atoms with Crippen LogP contribution in [0.4, 0.5) is 4.39 Å². The first-order valence-corrected chi connectivity index (χ1v) is 8.39. The molecule has 1 aliphatic heterocycles. The molecular weight excluding hydrogens is 305 g/mol. The summed E-state index contributed by atoms with van der Waals surface area (Å²) in [5.41, 5.74) is 0. The second kappa shape index (κ2) is 6.39. The highest BCUT2D eigenvalue weighted by atomic mass is 35.5. The average Bonchev–Trinajstić information content (AvgIpc) is 2.42. The Balaban J connectivity index is 2.34. The minimum absolute atomic E-state index is 0.0299. The Kier molecular flexibility index (Phi) is 5.01. The predicted molar refractivity (Wildman–Crippen MR) is 75.3 cm³/mol. The molecule has 2 atom stereocenters. The van der Waals surface area contributed by atoms with E-state index in [-0.39, 0.29) is 22.6 Å². The fourth-order valence-electron chi connectivity index (χ4n) is 2.34. The van der Waals surface area contributed by atoms with Gasteiger partial charge in [0.15, 0.2) is 9.84 Å². The molecule has 1 fully saturated rings. The van der Waals surface area contributed by atoms with E-state index in [0.717, 1.165) is 12.1 Å². The van der Waals surface area contributed by atoms with E-state index in [2.05, 4.69) is 5.32 Å². The summed E-state index contributed by atoms with van der Waals surface area (Å²) in [7, 11) is -3.61. The monoisotopic (exact) mass is 321 g/mol. The average molecular weight is 322 g/mol. The van der Waals surface area contributed by atoms with Gasteiger partial charge >= 0.3 is 0 Å². The number of nitrogens with one attached hydrogen (secondary N) is 1. The van der Waals surface area contributed by atoms with Crippen molar-refractivity contribution in [3.05, 3.63) is 29.0 Å². The van der Waals surface area contributed by atoms with Crippen LogP contribution in [0.3, 0.4) is 0 Å². The number of halogens is 2. The van der Waals surface area contributed by atoms with Gasteiger partial charge in [0.25, 0.3) is 0 Å². The summed E-state index contributed by atoms with van der Waals surface area (Å²) in [6, 6.07) is 3.31. The SMILES string of the molecule is CCNC1CCOCC1S(=O)(=O)c1ccc(F)c(Cl)c1. The summed E-state index contributed by atoms with van der Waals surface area (Å²) in [4.78, 5) is 0.0299. The Bertz CT molecular complexity index is 577. The van der Waals surface area contributed by atoms with Crippen molar-refractivity contribution in [1.29, 1.82) is 0 Å². The van der Waals surface area contributed by atoms with Gasteiger partial charge in [-0.25, -0.2) is 12.8 Å². The van der Waals surface area contributed by atoms with Crippen molar-refractivity contribution in [3.8, 4) is 0 Å². The van der Waals surface area contributed by atoms with Crippen LogP contribution in [-0.4, -0.2) is 39.5 Å². The van der Waals surface area contributed by atoms with E-state index >= 15 is 0 Å². The molecule has 0 amide bonds. The minimum atomic E-state index is -3.61. The molecule has 0 aromatic heterocycles. The van der Waals surface area contributed by atoms with Crippen LogP contribution in [0, 0.1) is 5.82 Å². The molecule has 112 valence electrons.